The van der Waals surface area contributed by atoms with E-state index in [9.17, 15) is 26.4 Å². The van der Waals surface area contributed by atoms with Crippen molar-refractivity contribution in [3.63, 3.8) is 0 Å². The summed E-state index contributed by atoms with van der Waals surface area (Å²) in [5.74, 6) is -0.603. The number of amides is 1. The third-order valence-electron chi connectivity index (χ3n) is 5.85. The summed E-state index contributed by atoms with van der Waals surface area (Å²) in [6.07, 6.45) is -4.43. The van der Waals surface area contributed by atoms with Crippen LogP contribution in [0.5, 0.6) is 0 Å². The molecule has 3 aromatic rings. The number of alkyl halides is 3. The molecule has 4 rings (SSSR count). The highest BCUT2D eigenvalue weighted by Crippen LogP contribution is 2.32. The van der Waals surface area contributed by atoms with Gasteiger partial charge in [0.15, 0.2) is 0 Å². The minimum Gasteiger partial charge on any atom is -0.369 e. The Kier molecular flexibility index (Phi) is 6.81. The zero-order valence-electron chi connectivity index (χ0n) is 18.3. The summed E-state index contributed by atoms with van der Waals surface area (Å²) in [6, 6.07) is 17.8. The topological polar surface area (TPSA) is 69.7 Å². The summed E-state index contributed by atoms with van der Waals surface area (Å²) in [5.41, 5.74) is 0.154. The summed E-state index contributed by atoms with van der Waals surface area (Å²) >= 11 is 0. The zero-order chi connectivity index (χ0) is 24.3. The third-order valence-corrected chi connectivity index (χ3v) is 7.72. The molecule has 6 nitrogen and oxygen atoms in total. The van der Waals surface area contributed by atoms with Crippen LogP contribution in [0, 0.1) is 0 Å². The number of sulfonamides is 1. The molecule has 1 N–H and O–H groups in total. The molecule has 1 heterocycles. The molecule has 1 aliphatic rings. The lowest BCUT2D eigenvalue weighted by atomic mass is 10.0. The highest BCUT2D eigenvalue weighted by molar-refractivity contribution is 7.89. The quantitative estimate of drug-likeness (QED) is 0.571. The number of carbonyl (C=O) groups is 1. The van der Waals surface area contributed by atoms with E-state index in [1.807, 2.05) is 30.3 Å². The molecule has 1 fully saturated rings. The molecule has 1 amide bonds. The fourth-order valence-corrected chi connectivity index (χ4v) is 5.38. The summed E-state index contributed by atoms with van der Waals surface area (Å²) in [7, 11) is -3.63. The lowest BCUT2D eigenvalue weighted by Crippen LogP contribution is -2.50. The van der Waals surface area contributed by atoms with Crippen molar-refractivity contribution in [1.29, 1.82) is 0 Å². The van der Waals surface area contributed by atoms with Crippen LogP contribution in [0.3, 0.4) is 0 Å². The average Bonchev–Trinajstić information content (AvgIpc) is 2.83. The number of halogens is 3. The molecule has 0 radical (unpaired) electrons. The molecular weight excluding hydrogens is 467 g/mol. The number of carbonyl (C=O) groups excluding carboxylic acids is 1. The van der Waals surface area contributed by atoms with Crippen LogP contribution < -0.4 is 10.2 Å². The lowest BCUT2D eigenvalue weighted by molar-refractivity contribution is -0.137. The fourth-order valence-electron chi connectivity index (χ4n) is 4.04. The number of benzene rings is 3. The lowest BCUT2D eigenvalue weighted by Gasteiger charge is -2.35. The van der Waals surface area contributed by atoms with E-state index < -0.39 is 21.8 Å². The Labute approximate surface area is 196 Å². The first kappa shape index (κ1) is 24.0. The maximum atomic E-state index is 13.0. The third kappa shape index (κ3) is 5.34. The predicted molar refractivity (Wildman–Crippen MR) is 125 cm³/mol. The van der Waals surface area contributed by atoms with Crippen molar-refractivity contribution in [3.8, 4) is 0 Å². The maximum Gasteiger partial charge on any atom is 0.416 e. The first-order chi connectivity index (χ1) is 16.1. The van der Waals surface area contributed by atoms with Crippen LogP contribution >= 0.6 is 0 Å². The minimum atomic E-state index is -4.43. The summed E-state index contributed by atoms with van der Waals surface area (Å²) in [5, 5.41) is 4.39. The van der Waals surface area contributed by atoms with Crippen molar-refractivity contribution < 1.29 is 26.4 Å². The number of nitrogens with zero attached hydrogens (tertiary/aromatic N) is 2. The van der Waals surface area contributed by atoms with E-state index in [-0.39, 0.29) is 44.4 Å². The summed E-state index contributed by atoms with van der Waals surface area (Å²) in [6.45, 7) is 0.843. The predicted octanol–water partition coefficient (Wildman–Crippen LogP) is 3.74. The molecule has 0 spiro atoms. The number of nitrogens with one attached hydrogen (secondary N) is 1. The van der Waals surface area contributed by atoms with E-state index >= 15 is 0 Å². The van der Waals surface area contributed by atoms with E-state index in [0.717, 1.165) is 22.9 Å². The number of fused-ring (bicyclic) bond motifs is 1. The Bertz CT molecular complexity index is 1280. The molecule has 0 unspecified atom stereocenters. The highest BCUT2D eigenvalue weighted by Gasteiger charge is 2.32. The molecule has 10 heteroatoms. The van der Waals surface area contributed by atoms with Gasteiger partial charge >= 0.3 is 6.18 Å². The van der Waals surface area contributed by atoms with Crippen LogP contribution in [0.2, 0.25) is 0 Å². The largest absolute Gasteiger partial charge is 0.416 e. The van der Waals surface area contributed by atoms with Gasteiger partial charge in [0, 0.05) is 44.0 Å². The molecule has 0 aliphatic carbocycles. The molecule has 0 bridgehead atoms. The number of hydrogen-bond acceptors (Lipinski definition) is 4. The van der Waals surface area contributed by atoms with Crippen LogP contribution in [0.15, 0.2) is 66.7 Å². The Balaban J connectivity index is 1.32. The van der Waals surface area contributed by atoms with Crippen molar-refractivity contribution in [2.75, 3.05) is 43.4 Å². The van der Waals surface area contributed by atoms with Crippen molar-refractivity contribution in [2.24, 2.45) is 0 Å². The number of piperazine rings is 1. The van der Waals surface area contributed by atoms with E-state index in [2.05, 4.69) is 5.32 Å². The summed E-state index contributed by atoms with van der Waals surface area (Å²) < 4.78 is 65.8. The van der Waals surface area contributed by atoms with Crippen molar-refractivity contribution >= 4 is 32.4 Å². The Morgan fingerprint density at radius 1 is 0.912 bits per heavy atom. The van der Waals surface area contributed by atoms with Crippen molar-refractivity contribution in [2.45, 2.75) is 6.18 Å². The summed E-state index contributed by atoms with van der Waals surface area (Å²) in [4.78, 5) is 14.4. The van der Waals surface area contributed by atoms with Gasteiger partial charge in [0.1, 0.15) is 0 Å². The molecule has 3 aromatic carbocycles. The van der Waals surface area contributed by atoms with Crippen LogP contribution in [0.1, 0.15) is 15.9 Å². The van der Waals surface area contributed by atoms with Gasteiger partial charge < -0.3 is 10.2 Å². The molecule has 1 saturated heterocycles. The van der Waals surface area contributed by atoms with Crippen molar-refractivity contribution in [1.82, 2.24) is 9.62 Å². The smallest absolute Gasteiger partial charge is 0.369 e. The van der Waals surface area contributed by atoms with Gasteiger partial charge in [-0.3, -0.25) is 4.79 Å². The van der Waals surface area contributed by atoms with Crippen LogP contribution in [-0.4, -0.2) is 57.1 Å². The Morgan fingerprint density at radius 2 is 1.59 bits per heavy atom. The van der Waals surface area contributed by atoms with Crippen molar-refractivity contribution in [3.05, 3.63) is 77.9 Å². The van der Waals surface area contributed by atoms with E-state index in [1.54, 1.807) is 23.1 Å². The van der Waals surface area contributed by atoms with Gasteiger partial charge in [-0.25, -0.2) is 8.42 Å². The van der Waals surface area contributed by atoms with Crippen LogP contribution in [-0.2, 0) is 16.2 Å². The second-order valence-corrected chi connectivity index (χ2v) is 10.1. The second kappa shape index (κ2) is 9.63. The number of rotatable bonds is 6. The molecule has 180 valence electrons. The van der Waals surface area contributed by atoms with Gasteiger partial charge in [0.2, 0.25) is 10.0 Å². The number of anilines is 1. The van der Waals surface area contributed by atoms with Crippen LogP contribution in [0.25, 0.3) is 10.8 Å². The Morgan fingerprint density at radius 3 is 2.32 bits per heavy atom. The van der Waals surface area contributed by atoms with Gasteiger partial charge in [0.05, 0.1) is 11.3 Å². The SMILES string of the molecule is O=C(NCCS(=O)(=O)N1CCN(c2cccc(C(F)(F)F)c2)CC1)c1cccc2ccccc12. The average molecular weight is 492 g/mol. The maximum absolute atomic E-state index is 13.0. The Hall–Kier alpha value is -3.11. The van der Waals surface area contributed by atoms with E-state index in [1.165, 1.54) is 10.4 Å². The zero-order valence-corrected chi connectivity index (χ0v) is 19.1. The highest BCUT2D eigenvalue weighted by atomic mass is 32.2. The molecule has 34 heavy (non-hydrogen) atoms. The van der Waals surface area contributed by atoms with E-state index in [4.69, 9.17) is 0 Å². The van der Waals surface area contributed by atoms with Gasteiger partial charge in [0.25, 0.3) is 5.91 Å². The van der Waals surface area contributed by atoms with Gasteiger partial charge in [-0.05, 0) is 35.0 Å². The van der Waals surface area contributed by atoms with Gasteiger partial charge in [-0.15, -0.1) is 0 Å². The molecule has 0 saturated carbocycles. The molecule has 0 atom stereocenters. The minimum absolute atomic E-state index is 0.0434. The van der Waals surface area contributed by atoms with Gasteiger partial charge in [-0.1, -0.05) is 42.5 Å². The van der Waals surface area contributed by atoms with E-state index in [0.29, 0.717) is 11.3 Å². The first-order valence-electron chi connectivity index (χ1n) is 10.8. The normalized spacial score (nSPS) is 15.4. The number of hydrogen-bond donors (Lipinski definition) is 1. The standard InChI is InChI=1S/C24H24F3N3O3S/c25-24(26,27)19-7-4-8-20(17-19)29-12-14-30(15-13-29)34(32,33)16-11-28-23(31)22-10-3-6-18-5-1-2-9-21(18)22/h1-10,17H,11-16H2,(H,28,31). The first-order valence-corrected chi connectivity index (χ1v) is 12.4. The van der Waals surface area contributed by atoms with Crippen LogP contribution in [0.4, 0.5) is 18.9 Å². The second-order valence-electron chi connectivity index (χ2n) is 8.03. The molecular formula is C24H24F3N3O3S. The van der Waals surface area contributed by atoms with Gasteiger partial charge in [-0.2, -0.15) is 17.5 Å². The fraction of sp³-hybridized carbons (Fsp3) is 0.292. The molecule has 1 aliphatic heterocycles. The molecule has 0 aromatic heterocycles. The monoisotopic (exact) mass is 491 g/mol.